The zero-order valence-corrected chi connectivity index (χ0v) is 23.5. The quantitative estimate of drug-likeness (QED) is 0.273. The van der Waals surface area contributed by atoms with E-state index in [0.29, 0.717) is 52.0 Å². The average Bonchev–Trinajstić information content (AvgIpc) is 3.01. The van der Waals surface area contributed by atoms with Gasteiger partial charge >= 0.3 is 23.6 Å². The van der Waals surface area contributed by atoms with Crippen molar-refractivity contribution in [3.8, 4) is 5.75 Å². The molecule has 2 aliphatic rings. The molecule has 0 radical (unpaired) electrons. The first kappa shape index (κ1) is 28.9. The third-order valence-electron chi connectivity index (χ3n) is 8.01. The Balaban J connectivity index is 1.22. The molecule has 0 aromatic heterocycles. The van der Waals surface area contributed by atoms with E-state index >= 15 is 0 Å². The van der Waals surface area contributed by atoms with E-state index in [1.807, 2.05) is 72.8 Å². The van der Waals surface area contributed by atoms with Gasteiger partial charge in [-0.1, -0.05) is 72.8 Å². The number of carbonyl (C=O) groups excluding carboxylic acids is 4. The van der Waals surface area contributed by atoms with Crippen LogP contribution in [-0.4, -0.2) is 75.2 Å². The van der Waals surface area contributed by atoms with Crippen molar-refractivity contribution in [2.24, 2.45) is 0 Å². The zero-order valence-electron chi connectivity index (χ0n) is 23.5. The molecule has 3 aromatic carbocycles. The van der Waals surface area contributed by atoms with Gasteiger partial charge in [0, 0.05) is 38.8 Å². The Kier molecular flexibility index (Phi) is 9.16. The summed E-state index contributed by atoms with van der Waals surface area (Å²) in [7, 11) is 0. The van der Waals surface area contributed by atoms with Crippen LogP contribution in [0.5, 0.6) is 5.75 Å². The molecule has 0 spiro atoms. The number of phenolic OH excluding ortho intramolecular Hbond substituents is 1. The largest absolute Gasteiger partial charge is 0.508 e. The van der Waals surface area contributed by atoms with Gasteiger partial charge in [0.15, 0.2) is 0 Å². The zero-order chi connectivity index (χ0) is 29.5. The molecule has 42 heavy (non-hydrogen) atoms. The molecular weight excluding hydrogens is 532 g/mol. The van der Waals surface area contributed by atoms with Crippen LogP contribution in [0.3, 0.4) is 0 Å². The van der Waals surface area contributed by atoms with Crippen molar-refractivity contribution < 1.29 is 24.3 Å². The maximum absolute atomic E-state index is 13.4. The number of rotatable bonds is 11. The standard InChI is InChI=1S/C33H36N4O5/c38-29-16-14-24(15-17-29)19-28-23-35(32(41)33(42)37(28)22-26-11-5-2-6-12-26)18-8-7-13-27-20-34-30(39)31(40)36(27)21-25-9-3-1-4-10-25/h1-6,9-12,14-17,27-28,38H,7-8,13,18-23H2,(H,34,39)/t27-,28-/m0/s1. The van der Waals surface area contributed by atoms with Gasteiger partial charge in [0.1, 0.15) is 5.75 Å². The highest BCUT2D eigenvalue weighted by molar-refractivity contribution is 6.36. The number of benzene rings is 3. The minimum Gasteiger partial charge on any atom is -0.508 e. The molecule has 9 heteroatoms. The van der Waals surface area contributed by atoms with E-state index in [9.17, 15) is 24.3 Å². The molecule has 0 saturated carbocycles. The molecule has 4 amide bonds. The summed E-state index contributed by atoms with van der Waals surface area (Å²) in [6, 6.07) is 25.8. The van der Waals surface area contributed by atoms with E-state index in [2.05, 4.69) is 5.32 Å². The molecule has 5 rings (SSSR count). The number of amides is 4. The Labute approximate surface area is 245 Å². The number of hydrogen-bond donors (Lipinski definition) is 2. The summed E-state index contributed by atoms with van der Waals surface area (Å²) in [5.74, 6) is -1.94. The number of unbranched alkanes of at least 4 members (excludes halogenated alkanes) is 1. The van der Waals surface area contributed by atoms with Crippen LogP contribution in [0.1, 0.15) is 36.0 Å². The molecule has 218 valence electrons. The van der Waals surface area contributed by atoms with E-state index in [-0.39, 0.29) is 17.8 Å². The highest BCUT2D eigenvalue weighted by atomic mass is 16.3. The minimum atomic E-state index is -0.584. The number of nitrogens with zero attached hydrogens (tertiary/aromatic N) is 3. The molecule has 0 bridgehead atoms. The fourth-order valence-corrected chi connectivity index (χ4v) is 5.73. The summed E-state index contributed by atoms with van der Waals surface area (Å²) in [6.07, 6.45) is 2.63. The lowest BCUT2D eigenvalue weighted by molar-refractivity contribution is -0.159. The first-order chi connectivity index (χ1) is 20.4. The van der Waals surface area contributed by atoms with E-state index in [4.69, 9.17) is 0 Å². The number of carbonyl (C=O) groups is 4. The van der Waals surface area contributed by atoms with Gasteiger partial charge in [0.05, 0.1) is 6.04 Å². The van der Waals surface area contributed by atoms with E-state index in [1.165, 1.54) is 0 Å². The maximum Gasteiger partial charge on any atom is 0.312 e. The lowest BCUT2D eigenvalue weighted by Gasteiger charge is -2.41. The van der Waals surface area contributed by atoms with Gasteiger partial charge < -0.3 is 25.1 Å². The summed E-state index contributed by atoms with van der Waals surface area (Å²) >= 11 is 0. The van der Waals surface area contributed by atoms with Gasteiger partial charge in [0.25, 0.3) is 0 Å². The van der Waals surface area contributed by atoms with Crippen molar-refractivity contribution in [2.45, 2.75) is 50.9 Å². The molecular formula is C33H36N4O5. The first-order valence-corrected chi connectivity index (χ1v) is 14.4. The van der Waals surface area contributed by atoms with Crippen LogP contribution in [0.2, 0.25) is 0 Å². The van der Waals surface area contributed by atoms with Gasteiger partial charge in [0.2, 0.25) is 0 Å². The lowest BCUT2D eigenvalue weighted by atomic mass is 9.99. The number of hydrogen-bond acceptors (Lipinski definition) is 5. The fraction of sp³-hybridized carbons (Fsp3) is 0.333. The van der Waals surface area contributed by atoms with Crippen molar-refractivity contribution in [1.29, 1.82) is 0 Å². The Morgan fingerprint density at radius 2 is 1.26 bits per heavy atom. The SMILES string of the molecule is O=C1NC[C@H](CCCCN2C[C@H](Cc3ccc(O)cc3)N(Cc3ccccc3)C(=O)C2=O)N(Cc2ccccc2)C1=O. The van der Waals surface area contributed by atoms with E-state index in [1.54, 1.807) is 26.8 Å². The second kappa shape index (κ2) is 13.3. The number of phenols is 1. The van der Waals surface area contributed by atoms with Crippen LogP contribution >= 0.6 is 0 Å². The van der Waals surface area contributed by atoms with Crippen LogP contribution in [0.15, 0.2) is 84.9 Å². The van der Waals surface area contributed by atoms with Crippen LogP contribution in [-0.2, 0) is 38.7 Å². The van der Waals surface area contributed by atoms with Crippen LogP contribution < -0.4 is 5.32 Å². The molecule has 2 aliphatic heterocycles. The highest BCUT2D eigenvalue weighted by Gasteiger charge is 2.39. The highest BCUT2D eigenvalue weighted by Crippen LogP contribution is 2.22. The van der Waals surface area contributed by atoms with Gasteiger partial charge in [-0.25, -0.2) is 0 Å². The smallest absolute Gasteiger partial charge is 0.312 e. The summed E-state index contributed by atoms with van der Waals surface area (Å²) in [5.41, 5.74) is 2.89. The molecule has 9 nitrogen and oxygen atoms in total. The van der Waals surface area contributed by atoms with Crippen LogP contribution in [0.4, 0.5) is 0 Å². The second-order valence-corrected chi connectivity index (χ2v) is 11.0. The Morgan fingerprint density at radius 1 is 0.667 bits per heavy atom. The van der Waals surface area contributed by atoms with Crippen molar-refractivity contribution in [3.05, 3.63) is 102 Å². The van der Waals surface area contributed by atoms with Crippen molar-refractivity contribution in [3.63, 3.8) is 0 Å². The third kappa shape index (κ3) is 6.97. The molecule has 2 heterocycles. The second-order valence-electron chi connectivity index (χ2n) is 11.0. The molecule has 2 atom stereocenters. The first-order valence-electron chi connectivity index (χ1n) is 14.4. The third-order valence-corrected chi connectivity index (χ3v) is 8.01. The van der Waals surface area contributed by atoms with Crippen LogP contribution in [0, 0.1) is 0 Å². The summed E-state index contributed by atoms with van der Waals surface area (Å²) in [6.45, 7) is 1.95. The molecule has 2 saturated heterocycles. The molecule has 3 aromatic rings. The lowest BCUT2D eigenvalue weighted by Crippen LogP contribution is -2.60. The van der Waals surface area contributed by atoms with E-state index in [0.717, 1.165) is 23.1 Å². The van der Waals surface area contributed by atoms with Crippen molar-refractivity contribution in [2.75, 3.05) is 19.6 Å². The maximum atomic E-state index is 13.4. The van der Waals surface area contributed by atoms with Gasteiger partial charge in [-0.15, -0.1) is 0 Å². The van der Waals surface area contributed by atoms with Gasteiger partial charge in [-0.2, -0.15) is 0 Å². The average molecular weight is 569 g/mol. The number of piperazine rings is 2. The number of aromatic hydroxyl groups is 1. The normalized spacial score (nSPS) is 19.3. The number of nitrogens with one attached hydrogen (secondary N) is 1. The van der Waals surface area contributed by atoms with Crippen molar-refractivity contribution in [1.82, 2.24) is 20.0 Å². The molecule has 2 N–H and O–H groups in total. The monoisotopic (exact) mass is 568 g/mol. The van der Waals surface area contributed by atoms with Gasteiger partial charge in [-0.3, -0.25) is 19.2 Å². The predicted molar refractivity (Wildman–Crippen MR) is 157 cm³/mol. The Bertz CT molecular complexity index is 1400. The van der Waals surface area contributed by atoms with Crippen LogP contribution in [0.25, 0.3) is 0 Å². The van der Waals surface area contributed by atoms with Crippen molar-refractivity contribution >= 4 is 23.6 Å². The Morgan fingerprint density at radius 3 is 1.88 bits per heavy atom. The predicted octanol–water partition coefficient (Wildman–Crippen LogP) is 2.87. The molecule has 0 unspecified atom stereocenters. The van der Waals surface area contributed by atoms with E-state index < -0.39 is 23.6 Å². The minimum absolute atomic E-state index is 0.141. The molecule has 2 fully saturated rings. The Hall–Kier alpha value is -4.66. The fourth-order valence-electron chi connectivity index (χ4n) is 5.73. The summed E-state index contributed by atoms with van der Waals surface area (Å²) in [5, 5.41) is 12.4. The molecule has 0 aliphatic carbocycles. The topological polar surface area (TPSA) is 110 Å². The van der Waals surface area contributed by atoms with Gasteiger partial charge in [-0.05, 0) is 54.5 Å². The summed E-state index contributed by atoms with van der Waals surface area (Å²) in [4.78, 5) is 56.3. The summed E-state index contributed by atoms with van der Waals surface area (Å²) < 4.78 is 0.